The van der Waals surface area contributed by atoms with Gasteiger partial charge in [-0.2, -0.15) is 13.2 Å². The topological polar surface area (TPSA) is 96.2 Å². The molecule has 0 aromatic heterocycles. The summed E-state index contributed by atoms with van der Waals surface area (Å²) in [5.41, 5.74) is 0.939. The zero-order valence-corrected chi connectivity index (χ0v) is 35.2. The molecular formula is C42H57F3O6Si2. The van der Waals surface area contributed by atoms with Gasteiger partial charge in [-0.3, -0.25) is 4.79 Å². The highest BCUT2D eigenvalue weighted by Gasteiger charge is 2.35. The van der Waals surface area contributed by atoms with Crippen molar-refractivity contribution >= 4 is 37.7 Å². The van der Waals surface area contributed by atoms with Gasteiger partial charge in [0.05, 0.1) is 18.9 Å². The summed E-state index contributed by atoms with van der Waals surface area (Å²) in [5, 5.41) is 31.3. The van der Waals surface area contributed by atoms with Crippen molar-refractivity contribution in [1.82, 2.24) is 0 Å². The standard InChI is InChI=1S/C23H34O2Si.C16H17F3O2Si.C3H6O2/c1-22(2,3)19-14-17(15-20(21(19)24)23(4,5)6)25-16-26(7,8)18-12-10-9-11-13-18;1-21-15-13(20)8-5-9-14(15)22(2,3)12-7-4-6-11(10-12)16(17,18)19;1-2-3(4)5/h9-15,24H,16H2,1-8H3;4-10,20H,1-3H3;2H2,1H3,(H,4,5). The largest absolute Gasteiger partial charge is 0.507 e. The Balaban J connectivity index is 0.000000329. The van der Waals surface area contributed by atoms with Crippen LogP contribution in [0.5, 0.6) is 23.0 Å². The van der Waals surface area contributed by atoms with Crippen molar-refractivity contribution in [1.29, 1.82) is 0 Å². The number of phenolic OH excluding ortho intramolecular Hbond substituents is 2. The Morgan fingerprint density at radius 3 is 1.68 bits per heavy atom. The number of carboxylic acids is 1. The van der Waals surface area contributed by atoms with Gasteiger partial charge in [0.2, 0.25) is 0 Å². The number of ether oxygens (including phenoxy) is 2. The summed E-state index contributed by atoms with van der Waals surface area (Å²) >= 11 is 0. The Bertz CT molecular complexity index is 1770. The number of halogens is 3. The number of methoxy groups -OCH3 is 1. The fourth-order valence-electron chi connectivity index (χ4n) is 5.54. The third-order valence-corrected chi connectivity index (χ3v) is 15.2. The first-order valence-electron chi connectivity index (χ1n) is 17.6. The van der Waals surface area contributed by atoms with Crippen LogP contribution in [0.15, 0.2) is 84.9 Å². The monoisotopic (exact) mass is 770 g/mol. The van der Waals surface area contributed by atoms with E-state index in [9.17, 15) is 28.2 Å². The molecule has 4 aromatic carbocycles. The molecule has 0 saturated carbocycles. The lowest BCUT2D eigenvalue weighted by Crippen LogP contribution is -2.53. The fourth-order valence-corrected chi connectivity index (χ4v) is 9.98. The quantitative estimate of drug-likeness (QED) is 0.155. The van der Waals surface area contributed by atoms with E-state index in [1.165, 1.54) is 30.5 Å². The predicted molar refractivity (Wildman–Crippen MR) is 215 cm³/mol. The number of para-hydroxylation sites is 1. The van der Waals surface area contributed by atoms with Gasteiger partial charge in [-0.25, -0.2) is 0 Å². The molecule has 4 aromatic rings. The average Bonchev–Trinajstić information content (AvgIpc) is 3.07. The number of alkyl halides is 3. The Morgan fingerprint density at radius 1 is 0.736 bits per heavy atom. The molecule has 11 heteroatoms. The zero-order chi connectivity index (χ0) is 40.6. The SMILES string of the molecule is CC(C)(C)c1cc(OC[Si](C)(C)c2ccccc2)cc(C(C)(C)C)c1O.CCC(=O)O.COc1c(O)cccc1[Si](C)(C)c1cccc(C(F)(F)F)c1. The van der Waals surface area contributed by atoms with Crippen LogP contribution in [0.3, 0.4) is 0 Å². The molecule has 0 unspecified atom stereocenters. The van der Waals surface area contributed by atoms with Gasteiger partial charge in [0, 0.05) is 17.5 Å². The van der Waals surface area contributed by atoms with Gasteiger partial charge in [0.1, 0.15) is 27.6 Å². The van der Waals surface area contributed by atoms with E-state index in [2.05, 4.69) is 85.0 Å². The number of carboxylic acid groups (broad SMARTS) is 1. The van der Waals surface area contributed by atoms with Crippen LogP contribution in [0, 0.1) is 0 Å². The molecule has 3 N–H and O–H groups in total. The zero-order valence-electron chi connectivity index (χ0n) is 33.2. The number of aromatic hydroxyl groups is 2. The maximum absolute atomic E-state index is 12.9. The summed E-state index contributed by atoms with van der Waals surface area (Å²) in [6.45, 7) is 22.9. The normalized spacial score (nSPS) is 12.1. The van der Waals surface area contributed by atoms with Gasteiger partial charge in [-0.15, -0.1) is 0 Å². The van der Waals surface area contributed by atoms with Crippen molar-refractivity contribution in [2.45, 2.75) is 98.1 Å². The van der Waals surface area contributed by atoms with Crippen molar-refractivity contribution in [3.8, 4) is 23.0 Å². The average molecular weight is 771 g/mol. The van der Waals surface area contributed by atoms with Crippen LogP contribution < -0.4 is 25.0 Å². The minimum absolute atomic E-state index is 0.00690. The number of rotatable bonds is 8. The highest BCUT2D eigenvalue weighted by atomic mass is 28.3. The van der Waals surface area contributed by atoms with Crippen LogP contribution in [0.2, 0.25) is 26.2 Å². The van der Waals surface area contributed by atoms with Crippen molar-refractivity contribution < 1.29 is 42.8 Å². The van der Waals surface area contributed by atoms with Crippen molar-refractivity contribution in [3.63, 3.8) is 0 Å². The molecule has 0 heterocycles. The summed E-state index contributed by atoms with van der Waals surface area (Å²) < 4.78 is 50.3. The van der Waals surface area contributed by atoms with E-state index in [1.54, 1.807) is 25.1 Å². The maximum Gasteiger partial charge on any atom is 0.416 e. The van der Waals surface area contributed by atoms with Crippen LogP contribution in [-0.4, -0.2) is 50.8 Å². The van der Waals surface area contributed by atoms with E-state index in [-0.39, 0.29) is 23.0 Å². The van der Waals surface area contributed by atoms with Crippen LogP contribution in [-0.2, 0) is 21.8 Å². The minimum Gasteiger partial charge on any atom is -0.507 e. The molecule has 290 valence electrons. The Kier molecular flexibility index (Phi) is 15.0. The second kappa shape index (κ2) is 17.7. The van der Waals surface area contributed by atoms with Crippen LogP contribution in [0.1, 0.15) is 71.6 Å². The summed E-state index contributed by atoms with van der Waals surface area (Å²) in [6.07, 6.45) is -3.43. The van der Waals surface area contributed by atoms with Gasteiger partial charge < -0.3 is 24.8 Å². The van der Waals surface area contributed by atoms with Crippen LogP contribution >= 0.6 is 0 Å². The number of benzene rings is 4. The van der Waals surface area contributed by atoms with Crippen molar-refractivity contribution in [2.24, 2.45) is 0 Å². The Labute approximate surface area is 315 Å². The third kappa shape index (κ3) is 12.4. The highest BCUT2D eigenvalue weighted by molar-refractivity contribution is 7.01. The van der Waals surface area contributed by atoms with Crippen molar-refractivity contribution in [2.75, 3.05) is 13.3 Å². The van der Waals surface area contributed by atoms with E-state index in [4.69, 9.17) is 14.6 Å². The van der Waals surface area contributed by atoms with Crippen LogP contribution in [0.25, 0.3) is 0 Å². The molecule has 0 aliphatic carbocycles. The minimum atomic E-state index is -4.37. The molecule has 0 saturated heterocycles. The fraction of sp³-hybridized carbons (Fsp3) is 0.405. The molecule has 0 bridgehead atoms. The third-order valence-electron chi connectivity index (χ3n) is 8.94. The molecule has 0 spiro atoms. The molecule has 0 aliphatic heterocycles. The number of hydrogen-bond donors (Lipinski definition) is 3. The first-order valence-corrected chi connectivity index (χ1v) is 23.8. The lowest BCUT2D eigenvalue weighted by Gasteiger charge is -2.29. The van der Waals surface area contributed by atoms with E-state index in [1.807, 2.05) is 25.2 Å². The van der Waals surface area contributed by atoms with Gasteiger partial charge >= 0.3 is 12.1 Å². The first-order chi connectivity index (χ1) is 24.3. The Morgan fingerprint density at radius 2 is 1.23 bits per heavy atom. The van der Waals surface area contributed by atoms with E-state index in [0.29, 0.717) is 16.7 Å². The Hall–Kier alpha value is -4.23. The van der Waals surface area contributed by atoms with Gasteiger partial charge in [0.25, 0.3) is 0 Å². The van der Waals surface area contributed by atoms with Crippen molar-refractivity contribution in [3.05, 3.63) is 102 Å². The van der Waals surface area contributed by atoms with Gasteiger partial charge in [-0.1, -0.05) is 152 Å². The molecule has 6 nitrogen and oxygen atoms in total. The maximum atomic E-state index is 12.9. The summed E-state index contributed by atoms with van der Waals surface area (Å²) in [7, 11) is -2.70. The molecule has 4 rings (SSSR count). The molecule has 0 amide bonds. The van der Waals surface area contributed by atoms with E-state index >= 15 is 0 Å². The molecule has 53 heavy (non-hydrogen) atoms. The summed E-state index contributed by atoms with van der Waals surface area (Å²) in [4.78, 5) is 9.37. The number of carbonyl (C=O) groups is 1. The lowest BCUT2D eigenvalue weighted by molar-refractivity contribution is -0.138. The number of phenols is 2. The van der Waals surface area contributed by atoms with Gasteiger partial charge in [0.15, 0.2) is 11.5 Å². The summed E-state index contributed by atoms with van der Waals surface area (Å²) in [5.74, 6) is 0.834. The van der Waals surface area contributed by atoms with E-state index in [0.717, 1.165) is 34.4 Å². The van der Waals surface area contributed by atoms with E-state index < -0.39 is 33.9 Å². The highest BCUT2D eigenvalue weighted by Crippen LogP contribution is 2.41. The summed E-state index contributed by atoms with van der Waals surface area (Å²) in [6, 6.07) is 25.0. The second-order valence-electron chi connectivity index (χ2n) is 16.2. The molecule has 0 radical (unpaired) electrons. The van der Waals surface area contributed by atoms with Gasteiger partial charge in [-0.05, 0) is 34.2 Å². The molecule has 0 aliphatic rings. The second-order valence-corrected chi connectivity index (χ2v) is 25.2. The molecular weight excluding hydrogens is 714 g/mol. The molecule has 0 atom stereocenters. The predicted octanol–water partition coefficient (Wildman–Crippen LogP) is 9.24. The number of hydrogen-bond acceptors (Lipinski definition) is 5. The number of aliphatic carboxylic acids is 1. The smallest absolute Gasteiger partial charge is 0.416 e. The molecule has 0 fully saturated rings. The lowest BCUT2D eigenvalue weighted by atomic mass is 9.79. The first kappa shape index (κ1) is 44.9. The van der Waals surface area contributed by atoms with Crippen LogP contribution in [0.4, 0.5) is 13.2 Å².